The number of aryl methyl sites for hydroxylation is 2. The van der Waals surface area contributed by atoms with Gasteiger partial charge >= 0.3 is 0 Å². The number of nitrogens with one attached hydrogen (secondary N) is 1. The largest absolute Gasteiger partial charge is 0.486 e. The van der Waals surface area contributed by atoms with E-state index in [1.54, 1.807) is 0 Å². The maximum atomic E-state index is 12.8. The molecule has 1 N–H and O–H groups in total. The van der Waals surface area contributed by atoms with Crippen LogP contribution < -0.4 is 14.8 Å². The average molecular weight is 377 g/mol. The second-order valence-electron chi connectivity index (χ2n) is 6.90. The van der Waals surface area contributed by atoms with Crippen molar-refractivity contribution in [1.82, 2.24) is 14.9 Å². The van der Waals surface area contributed by atoms with Crippen LogP contribution in [0.15, 0.2) is 42.5 Å². The van der Waals surface area contributed by atoms with Gasteiger partial charge in [0.15, 0.2) is 11.5 Å². The highest BCUT2D eigenvalue weighted by atomic mass is 16.6. The Morgan fingerprint density at radius 3 is 2.64 bits per heavy atom. The van der Waals surface area contributed by atoms with Gasteiger partial charge in [-0.05, 0) is 51.1 Å². The summed E-state index contributed by atoms with van der Waals surface area (Å²) in [6.45, 7) is 7.38. The molecule has 6 nitrogen and oxygen atoms in total. The molecule has 3 heterocycles. The molecule has 0 atom stereocenters. The number of carbonyl (C=O) groups excluding carboxylic acids is 1. The molecule has 1 amide bonds. The number of pyridine rings is 1. The number of hydrogen-bond donors (Lipinski definition) is 1. The molecule has 0 spiro atoms. The van der Waals surface area contributed by atoms with Crippen LogP contribution in [-0.2, 0) is 6.54 Å². The van der Waals surface area contributed by atoms with Crippen LogP contribution in [0.4, 0.5) is 0 Å². The lowest BCUT2D eigenvalue weighted by atomic mass is 10.2. The van der Waals surface area contributed by atoms with E-state index in [-0.39, 0.29) is 5.91 Å². The number of nitrogens with zero attached hydrogens (tertiary/aromatic N) is 2. The van der Waals surface area contributed by atoms with Gasteiger partial charge in [0, 0.05) is 28.8 Å². The van der Waals surface area contributed by atoms with Crippen LogP contribution in [-0.4, -0.2) is 28.7 Å². The Kier molecular flexibility index (Phi) is 4.77. The minimum atomic E-state index is -0.111. The third-order valence-corrected chi connectivity index (χ3v) is 4.84. The fourth-order valence-corrected chi connectivity index (χ4v) is 3.53. The normalized spacial score (nSPS) is 12.7. The summed E-state index contributed by atoms with van der Waals surface area (Å²) in [4.78, 5) is 17.2. The highest BCUT2D eigenvalue weighted by Gasteiger charge is 2.19. The van der Waals surface area contributed by atoms with Crippen LogP contribution >= 0.6 is 0 Å². The first-order valence-electron chi connectivity index (χ1n) is 9.32. The molecule has 0 saturated heterocycles. The van der Waals surface area contributed by atoms with Gasteiger partial charge in [-0.3, -0.25) is 9.78 Å². The number of hydrogen-bond acceptors (Lipinski definition) is 4. The van der Waals surface area contributed by atoms with Gasteiger partial charge in [0.2, 0.25) is 0 Å². The molecular weight excluding hydrogens is 354 g/mol. The molecule has 0 fully saturated rings. The lowest BCUT2D eigenvalue weighted by Gasteiger charge is -2.20. The van der Waals surface area contributed by atoms with E-state index in [2.05, 4.69) is 14.9 Å². The summed E-state index contributed by atoms with van der Waals surface area (Å²) in [5.74, 6) is 1.37. The van der Waals surface area contributed by atoms with Gasteiger partial charge in [-0.1, -0.05) is 6.07 Å². The number of benzene rings is 1. The van der Waals surface area contributed by atoms with E-state index in [1.165, 1.54) is 0 Å². The zero-order valence-corrected chi connectivity index (χ0v) is 16.3. The van der Waals surface area contributed by atoms with Gasteiger partial charge in [-0.2, -0.15) is 0 Å². The van der Waals surface area contributed by atoms with E-state index in [4.69, 9.17) is 9.47 Å². The second-order valence-corrected chi connectivity index (χ2v) is 6.90. The highest BCUT2D eigenvalue weighted by Crippen LogP contribution is 2.33. The lowest BCUT2D eigenvalue weighted by molar-refractivity contribution is 0.0950. The molecule has 1 aromatic carbocycles. The topological polar surface area (TPSA) is 65.4 Å². The van der Waals surface area contributed by atoms with E-state index >= 15 is 0 Å². The van der Waals surface area contributed by atoms with Crippen molar-refractivity contribution in [2.75, 3.05) is 13.2 Å². The first-order chi connectivity index (χ1) is 13.5. The highest BCUT2D eigenvalue weighted by molar-refractivity contribution is 5.95. The van der Waals surface area contributed by atoms with E-state index in [0.29, 0.717) is 25.3 Å². The number of fused-ring (bicyclic) bond motifs is 1. The third-order valence-electron chi connectivity index (χ3n) is 4.84. The predicted octanol–water partition coefficient (Wildman–Crippen LogP) is 3.50. The smallest absolute Gasteiger partial charge is 0.253 e. The van der Waals surface area contributed by atoms with Crippen molar-refractivity contribution in [2.24, 2.45) is 0 Å². The van der Waals surface area contributed by atoms with E-state index in [1.807, 2.05) is 63.2 Å². The Hall–Kier alpha value is -3.28. The quantitative estimate of drug-likeness (QED) is 0.756. The number of carbonyl (C=O) groups is 1. The average Bonchev–Trinajstić information content (AvgIpc) is 3.00. The predicted molar refractivity (Wildman–Crippen MR) is 106 cm³/mol. The monoisotopic (exact) mass is 377 g/mol. The van der Waals surface area contributed by atoms with Gasteiger partial charge in [0.05, 0.1) is 17.8 Å². The molecule has 3 aromatic rings. The zero-order valence-electron chi connectivity index (χ0n) is 16.3. The molecule has 1 aliphatic heterocycles. The Labute approximate surface area is 164 Å². The van der Waals surface area contributed by atoms with Crippen LogP contribution in [0.5, 0.6) is 11.5 Å². The summed E-state index contributed by atoms with van der Waals surface area (Å²) in [5, 5.41) is 2.97. The van der Waals surface area contributed by atoms with Crippen LogP contribution in [0.2, 0.25) is 0 Å². The molecule has 6 heteroatoms. The molecule has 0 saturated carbocycles. The summed E-state index contributed by atoms with van der Waals surface area (Å²) in [7, 11) is 0. The fraction of sp³-hybridized carbons (Fsp3) is 0.273. The molecule has 2 aromatic heterocycles. The van der Waals surface area contributed by atoms with Crippen molar-refractivity contribution in [3.05, 3.63) is 70.8 Å². The summed E-state index contributed by atoms with van der Waals surface area (Å²) in [6.07, 6.45) is 0. The number of ether oxygens (including phenoxy) is 2. The van der Waals surface area contributed by atoms with Crippen molar-refractivity contribution in [1.29, 1.82) is 0 Å². The summed E-state index contributed by atoms with van der Waals surface area (Å²) in [6, 6.07) is 13.5. The van der Waals surface area contributed by atoms with E-state index in [9.17, 15) is 4.79 Å². The third kappa shape index (κ3) is 3.45. The minimum absolute atomic E-state index is 0.111. The van der Waals surface area contributed by atoms with Crippen LogP contribution in [0.25, 0.3) is 5.69 Å². The Balaban J connectivity index is 1.58. The molecule has 0 radical (unpaired) electrons. The molecule has 0 bridgehead atoms. The van der Waals surface area contributed by atoms with Crippen molar-refractivity contribution in [3.8, 4) is 17.2 Å². The molecule has 1 aliphatic rings. The van der Waals surface area contributed by atoms with Gasteiger partial charge in [-0.25, -0.2) is 0 Å². The number of aromatic nitrogens is 2. The van der Waals surface area contributed by atoms with Gasteiger partial charge < -0.3 is 19.4 Å². The van der Waals surface area contributed by atoms with Crippen molar-refractivity contribution in [3.63, 3.8) is 0 Å². The maximum Gasteiger partial charge on any atom is 0.253 e. The standard InChI is InChI=1S/C22H23N3O3/c1-14-5-4-6-17(24-14)13-23-22(26)19-11-15(2)25(16(19)3)18-7-8-20-21(12-18)28-10-9-27-20/h4-8,11-12H,9-10,13H2,1-3H3,(H,23,26). The number of rotatable bonds is 4. The SMILES string of the molecule is Cc1cccc(CNC(=O)c2cc(C)n(-c3ccc4c(c3)OCCO4)c2C)n1. The summed E-state index contributed by atoms with van der Waals surface area (Å²) in [5.41, 5.74) is 5.23. The summed E-state index contributed by atoms with van der Waals surface area (Å²) < 4.78 is 13.3. The van der Waals surface area contributed by atoms with Crippen LogP contribution in [0.1, 0.15) is 33.1 Å². The van der Waals surface area contributed by atoms with Gasteiger partial charge in [-0.15, -0.1) is 0 Å². The van der Waals surface area contributed by atoms with Crippen LogP contribution in [0.3, 0.4) is 0 Å². The Morgan fingerprint density at radius 2 is 1.86 bits per heavy atom. The number of amides is 1. The fourth-order valence-electron chi connectivity index (χ4n) is 3.53. The molecule has 144 valence electrons. The van der Waals surface area contributed by atoms with E-state index in [0.717, 1.165) is 40.0 Å². The molecule has 4 rings (SSSR count). The molecule has 0 unspecified atom stereocenters. The molecule has 28 heavy (non-hydrogen) atoms. The molecule has 0 aliphatic carbocycles. The van der Waals surface area contributed by atoms with Crippen molar-refractivity contribution >= 4 is 5.91 Å². The lowest BCUT2D eigenvalue weighted by Crippen LogP contribution is -2.24. The van der Waals surface area contributed by atoms with Gasteiger partial charge in [0.25, 0.3) is 5.91 Å². The Morgan fingerprint density at radius 1 is 1.07 bits per heavy atom. The van der Waals surface area contributed by atoms with Gasteiger partial charge in [0.1, 0.15) is 13.2 Å². The molecular formula is C22H23N3O3. The first-order valence-corrected chi connectivity index (χ1v) is 9.32. The van der Waals surface area contributed by atoms with Crippen molar-refractivity contribution < 1.29 is 14.3 Å². The second kappa shape index (κ2) is 7.38. The first kappa shape index (κ1) is 18.1. The summed E-state index contributed by atoms with van der Waals surface area (Å²) >= 11 is 0. The zero-order chi connectivity index (χ0) is 19.7. The van der Waals surface area contributed by atoms with E-state index < -0.39 is 0 Å². The minimum Gasteiger partial charge on any atom is -0.486 e. The maximum absolute atomic E-state index is 12.8. The Bertz CT molecular complexity index is 1040. The van der Waals surface area contributed by atoms with Crippen molar-refractivity contribution in [2.45, 2.75) is 27.3 Å². The van der Waals surface area contributed by atoms with Crippen LogP contribution in [0, 0.1) is 20.8 Å².